The van der Waals surface area contributed by atoms with Gasteiger partial charge in [0.25, 0.3) is 0 Å². The van der Waals surface area contributed by atoms with Crippen molar-refractivity contribution in [2.75, 3.05) is 31.2 Å². The van der Waals surface area contributed by atoms with E-state index in [-0.39, 0.29) is 13.2 Å². The molecule has 0 aliphatic carbocycles. The molecule has 0 radical (unpaired) electrons. The van der Waals surface area contributed by atoms with Crippen LogP contribution >= 0.6 is 11.6 Å². The molecule has 0 amide bonds. The SMILES string of the molecule is OCCOc1cncc(N2CCC(n3cc(Cl)cn3)CC2)n1. The highest BCUT2D eigenvalue weighted by Crippen LogP contribution is 2.26. The van der Waals surface area contributed by atoms with Gasteiger partial charge in [0.05, 0.1) is 36.3 Å². The summed E-state index contributed by atoms with van der Waals surface area (Å²) in [5.74, 6) is 1.24. The van der Waals surface area contributed by atoms with Crippen molar-refractivity contribution < 1.29 is 9.84 Å². The zero-order valence-electron chi connectivity index (χ0n) is 12.1. The molecule has 0 unspecified atom stereocenters. The van der Waals surface area contributed by atoms with Gasteiger partial charge >= 0.3 is 0 Å². The average molecular weight is 324 g/mol. The topological polar surface area (TPSA) is 76.3 Å². The van der Waals surface area contributed by atoms with Crippen molar-refractivity contribution in [2.24, 2.45) is 0 Å². The van der Waals surface area contributed by atoms with E-state index in [2.05, 4.69) is 20.0 Å². The van der Waals surface area contributed by atoms with Crippen LogP contribution in [0, 0.1) is 0 Å². The van der Waals surface area contributed by atoms with Gasteiger partial charge in [-0.3, -0.25) is 9.67 Å². The lowest BCUT2D eigenvalue weighted by molar-refractivity contribution is 0.196. The van der Waals surface area contributed by atoms with Crippen molar-refractivity contribution in [3.8, 4) is 5.88 Å². The van der Waals surface area contributed by atoms with Gasteiger partial charge in [-0.1, -0.05) is 11.6 Å². The van der Waals surface area contributed by atoms with E-state index in [0.717, 1.165) is 31.7 Å². The molecule has 7 nitrogen and oxygen atoms in total. The number of ether oxygens (including phenoxy) is 1. The van der Waals surface area contributed by atoms with Crippen LogP contribution in [-0.2, 0) is 0 Å². The maximum Gasteiger partial charge on any atom is 0.234 e. The monoisotopic (exact) mass is 323 g/mol. The summed E-state index contributed by atoms with van der Waals surface area (Å²) in [4.78, 5) is 10.8. The fourth-order valence-corrected chi connectivity index (χ4v) is 2.73. The quantitative estimate of drug-likeness (QED) is 0.899. The maximum atomic E-state index is 8.78. The number of anilines is 1. The first-order chi connectivity index (χ1) is 10.8. The van der Waals surface area contributed by atoms with Gasteiger partial charge in [0.1, 0.15) is 6.61 Å². The second-order valence-electron chi connectivity index (χ2n) is 5.14. The Morgan fingerprint density at radius 2 is 2.09 bits per heavy atom. The summed E-state index contributed by atoms with van der Waals surface area (Å²) in [6, 6.07) is 0.366. The van der Waals surface area contributed by atoms with Crippen LogP contribution in [-0.4, -0.2) is 51.2 Å². The third kappa shape index (κ3) is 3.48. The standard InChI is InChI=1S/C14H18ClN5O2/c15-11-7-17-20(10-11)12-1-3-19(4-2-12)13-8-16-9-14(18-13)22-6-5-21/h7-10,12,21H,1-6H2. The minimum atomic E-state index is -0.0380. The van der Waals surface area contributed by atoms with Crippen molar-refractivity contribution >= 4 is 17.4 Å². The van der Waals surface area contributed by atoms with Crippen LogP contribution in [0.3, 0.4) is 0 Å². The van der Waals surface area contributed by atoms with Crippen LogP contribution in [0.15, 0.2) is 24.8 Å². The normalized spacial score (nSPS) is 16.0. The van der Waals surface area contributed by atoms with Crippen molar-refractivity contribution in [1.82, 2.24) is 19.7 Å². The summed E-state index contributed by atoms with van der Waals surface area (Å²) in [5, 5.41) is 13.7. The summed E-state index contributed by atoms with van der Waals surface area (Å²) < 4.78 is 7.24. The molecule has 2 aromatic rings. The van der Waals surface area contributed by atoms with Gasteiger partial charge in [-0.05, 0) is 12.8 Å². The molecule has 3 heterocycles. The predicted octanol–water partition coefficient (Wildman–Crippen LogP) is 1.54. The molecule has 1 N–H and O–H groups in total. The lowest BCUT2D eigenvalue weighted by atomic mass is 10.1. The second kappa shape index (κ2) is 6.93. The van der Waals surface area contributed by atoms with Crippen molar-refractivity contribution in [2.45, 2.75) is 18.9 Å². The van der Waals surface area contributed by atoms with Crippen LogP contribution in [0.1, 0.15) is 18.9 Å². The molecule has 8 heteroatoms. The van der Waals surface area contributed by atoms with Gasteiger partial charge in [-0.2, -0.15) is 10.1 Å². The van der Waals surface area contributed by atoms with Gasteiger partial charge in [0.2, 0.25) is 5.88 Å². The third-order valence-corrected chi connectivity index (χ3v) is 3.87. The van der Waals surface area contributed by atoms with Crippen LogP contribution in [0.4, 0.5) is 5.82 Å². The van der Waals surface area contributed by atoms with E-state index in [9.17, 15) is 0 Å². The molecule has 0 atom stereocenters. The fourth-order valence-electron chi connectivity index (χ4n) is 2.58. The van der Waals surface area contributed by atoms with Gasteiger partial charge in [0, 0.05) is 19.3 Å². The second-order valence-corrected chi connectivity index (χ2v) is 5.58. The van der Waals surface area contributed by atoms with E-state index in [0.29, 0.717) is 16.9 Å². The molecule has 22 heavy (non-hydrogen) atoms. The Bertz CT molecular complexity index is 613. The molecule has 1 saturated heterocycles. The fraction of sp³-hybridized carbons (Fsp3) is 0.500. The largest absolute Gasteiger partial charge is 0.474 e. The molecular weight excluding hydrogens is 306 g/mol. The van der Waals surface area contributed by atoms with Gasteiger partial charge in [0.15, 0.2) is 5.82 Å². The number of piperidine rings is 1. The van der Waals surface area contributed by atoms with Crippen LogP contribution in [0.25, 0.3) is 0 Å². The molecule has 0 bridgehead atoms. The Hall–Kier alpha value is -1.86. The summed E-state index contributed by atoms with van der Waals surface area (Å²) >= 11 is 5.92. The van der Waals surface area contributed by atoms with E-state index < -0.39 is 0 Å². The van der Waals surface area contributed by atoms with Gasteiger partial charge in [-0.15, -0.1) is 0 Å². The number of hydrogen-bond acceptors (Lipinski definition) is 6. The molecule has 1 aliphatic heterocycles. The Morgan fingerprint density at radius 1 is 1.27 bits per heavy atom. The summed E-state index contributed by atoms with van der Waals surface area (Å²) in [6.07, 6.45) is 8.77. The first-order valence-corrected chi connectivity index (χ1v) is 7.64. The predicted molar refractivity (Wildman–Crippen MR) is 82.3 cm³/mol. The van der Waals surface area contributed by atoms with Crippen molar-refractivity contribution in [3.05, 3.63) is 29.8 Å². The highest BCUT2D eigenvalue weighted by molar-refractivity contribution is 6.30. The van der Waals surface area contributed by atoms with E-state index in [4.69, 9.17) is 21.4 Å². The Kier molecular flexibility index (Phi) is 4.74. The lowest BCUT2D eigenvalue weighted by Crippen LogP contribution is -2.35. The molecule has 1 fully saturated rings. The molecule has 0 spiro atoms. The first-order valence-electron chi connectivity index (χ1n) is 7.26. The molecular formula is C14H18ClN5O2. The average Bonchev–Trinajstić information content (AvgIpc) is 3.00. The van der Waals surface area contributed by atoms with Gasteiger partial charge < -0.3 is 14.7 Å². The number of halogens is 1. The Balaban J connectivity index is 1.61. The molecule has 3 rings (SSSR count). The number of hydrogen-bond donors (Lipinski definition) is 1. The zero-order chi connectivity index (χ0) is 15.4. The van der Waals surface area contributed by atoms with Crippen LogP contribution < -0.4 is 9.64 Å². The number of rotatable bonds is 5. The maximum absolute atomic E-state index is 8.78. The van der Waals surface area contributed by atoms with E-state index >= 15 is 0 Å². The minimum absolute atomic E-state index is 0.0380. The molecule has 1 aliphatic rings. The Morgan fingerprint density at radius 3 is 2.77 bits per heavy atom. The number of aromatic nitrogens is 4. The van der Waals surface area contributed by atoms with E-state index in [1.54, 1.807) is 18.6 Å². The minimum Gasteiger partial charge on any atom is -0.474 e. The number of aliphatic hydroxyl groups is 1. The summed E-state index contributed by atoms with van der Waals surface area (Å²) in [7, 11) is 0. The molecule has 0 aromatic carbocycles. The van der Waals surface area contributed by atoms with E-state index in [1.165, 1.54) is 0 Å². The Labute approximate surface area is 133 Å². The molecule has 0 saturated carbocycles. The van der Waals surface area contributed by atoms with Crippen molar-refractivity contribution in [3.63, 3.8) is 0 Å². The van der Waals surface area contributed by atoms with Crippen molar-refractivity contribution in [1.29, 1.82) is 0 Å². The molecule has 118 valence electrons. The van der Waals surface area contributed by atoms with Crippen LogP contribution in [0.5, 0.6) is 5.88 Å². The van der Waals surface area contributed by atoms with Crippen LogP contribution in [0.2, 0.25) is 5.02 Å². The highest BCUT2D eigenvalue weighted by Gasteiger charge is 2.22. The summed E-state index contributed by atoms with van der Waals surface area (Å²) in [6.45, 7) is 1.94. The third-order valence-electron chi connectivity index (χ3n) is 3.67. The summed E-state index contributed by atoms with van der Waals surface area (Å²) in [5.41, 5.74) is 0. The molecule has 2 aromatic heterocycles. The van der Waals surface area contributed by atoms with Gasteiger partial charge in [-0.25, -0.2) is 0 Å². The smallest absolute Gasteiger partial charge is 0.234 e. The highest BCUT2D eigenvalue weighted by atomic mass is 35.5. The lowest BCUT2D eigenvalue weighted by Gasteiger charge is -2.32. The van der Waals surface area contributed by atoms with E-state index in [1.807, 2.05) is 10.9 Å². The number of aliphatic hydroxyl groups excluding tert-OH is 1. The number of nitrogens with zero attached hydrogens (tertiary/aromatic N) is 5. The first kappa shape index (κ1) is 15.1. The zero-order valence-corrected chi connectivity index (χ0v) is 12.9.